The van der Waals surface area contributed by atoms with Crippen LogP contribution in [0.25, 0.3) is 11.0 Å². The third-order valence-corrected chi connectivity index (χ3v) is 4.63. The fourth-order valence-electron chi connectivity index (χ4n) is 3.08. The Labute approximate surface area is 138 Å². The van der Waals surface area contributed by atoms with E-state index in [0.717, 1.165) is 35.1 Å². The molecule has 0 bridgehead atoms. The molecule has 3 rings (SSSR count). The average molecular weight is 313 g/mol. The number of carbonyl (C=O) groups is 1. The predicted octanol–water partition coefficient (Wildman–Crippen LogP) is 5.04. The van der Waals surface area contributed by atoms with Gasteiger partial charge in [0.15, 0.2) is 11.4 Å². The summed E-state index contributed by atoms with van der Waals surface area (Å²) in [7, 11) is 0. The quantitative estimate of drug-likeness (QED) is 0.506. The van der Waals surface area contributed by atoms with E-state index in [9.17, 15) is 4.79 Å². The molecule has 1 fully saturated rings. The van der Waals surface area contributed by atoms with E-state index < -0.39 is 0 Å². The fraction of sp³-hybridized carbons (Fsp3) is 0.632. The molecule has 0 spiro atoms. The van der Waals surface area contributed by atoms with Gasteiger partial charge in [-0.3, -0.25) is 4.79 Å². The zero-order valence-electron chi connectivity index (χ0n) is 14.5. The zero-order chi connectivity index (χ0) is 16.4. The lowest BCUT2D eigenvalue weighted by Gasteiger charge is -2.10. The molecule has 1 saturated carbocycles. The molecule has 0 aliphatic heterocycles. The molecule has 0 unspecified atom stereocenters. The Bertz CT molecular complexity index is 698. The van der Waals surface area contributed by atoms with Crippen molar-refractivity contribution in [3.63, 3.8) is 0 Å². The van der Waals surface area contributed by atoms with Crippen molar-refractivity contribution in [2.45, 2.75) is 77.7 Å². The second-order valence-electron chi connectivity index (χ2n) is 7.02. The van der Waals surface area contributed by atoms with Crippen molar-refractivity contribution in [2.24, 2.45) is 0 Å². The molecule has 1 aliphatic carbocycles. The van der Waals surface area contributed by atoms with Crippen molar-refractivity contribution in [1.29, 1.82) is 0 Å². The number of rotatable bonds is 8. The summed E-state index contributed by atoms with van der Waals surface area (Å²) in [5, 5.41) is 5.39. The first kappa shape index (κ1) is 16.2. The van der Waals surface area contributed by atoms with E-state index in [0.29, 0.717) is 12.3 Å². The second-order valence-corrected chi connectivity index (χ2v) is 7.02. The summed E-state index contributed by atoms with van der Waals surface area (Å²) in [5.41, 5.74) is 2.79. The summed E-state index contributed by atoms with van der Waals surface area (Å²) < 4.78 is 1.94. The minimum Gasteiger partial charge on any atom is -0.294 e. The van der Waals surface area contributed by atoms with Gasteiger partial charge in [0.2, 0.25) is 0 Å². The molecular formula is C19H27N3O. The van der Waals surface area contributed by atoms with Gasteiger partial charge in [-0.05, 0) is 39.2 Å². The monoisotopic (exact) mass is 313 g/mol. The van der Waals surface area contributed by atoms with Crippen molar-refractivity contribution in [1.82, 2.24) is 14.8 Å². The number of hydrogen-bond acceptors (Lipinski definition) is 3. The van der Waals surface area contributed by atoms with Crippen LogP contribution in [0.1, 0.15) is 93.7 Å². The van der Waals surface area contributed by atoms with Crippen LogP contribution in [0.5, 0.6) is 0 Å². The maximum Gasteiger partial charge on any atom is 0.163 e. The Kier molecular flexibility index (Phi) is 4.79. The van der Waals surface area contributed by atoms with Crippen LogP contribution in [0, 0.1) is 0 Å². The van der Waals surface area contributed by atoms with Crippen molar-refractivity contribution in [3.8, 4) is 0 Å². The molecule has 4 heteroatoms. The van der Waals surface area contributed by atoms with E-state index in [-0.39, 0.29) is 11.8 Å². The first-order valence-electron chi connectivity index (χ1n) is 9.03. The van der Waals surface area contributed by atoms with E-state index in [1.54, 1.807) is 0 Å². The van der Waals surface area contributed by atoms with Crippen molar-refractivity contribution >= 4 is 16.8 Å². The van der Waals surface area contributed by atoms with E-state index in [2.05, 4.69) is 25.9 Å². The van der Waals surface area contributed by atoms with E-state index in [4.69, 9.17) is 4.98 Å². The van der Waals surface area contributed by atoms with Crippen LogP contribution in [0.15, 0.2) is 12.3 Å². The molecule has 0 saturated heterocycles. The zero-order valence-corrected chi connectivity index (χ0v) is 14.5. The van der Waals surface area contributed by atoms with Gasteiger partial charge in [0.25, 0.3) is 0 Å². The largest absolute Gasteiger partial charge is 0.294 e. The summed E-state index contributed by atoms with van der Waals surface area (Å²) in [5.74, 6) is 0.792. The van der Waals surface area contributed by atoms with Crippen LogP contribution in [0.3, 0.4) is 0 Å². The number of pyridine rings is 1. The van der Waals surface area contributed by atoms with Gasteiger partial charge in [-0.1, -0.05) is 26.2 Å². The summed E-state index contributed by atoms with van der Waals surface area (Å²) in [6.07, 6.45) is 9.36. The molecule has 0 N–H and O–H groups in total. The highest BCUT2D eigenvalue weighted by molar-refractivity contribution is 6.06. The molecule has 0 atom stereocenters. The molecule has 1 aliphatic rings. The highest BCUT2D eigenvalue weighted by Gasteiger charge is 2.28. The number of Topliss-reactive ketones (excluding diaryl/α,β-unsaturated/α-hetero) is 1. The highest BCUT2D eigenvalue weighted by Crippen LogP contribution is 2.40. The SMILES string of the molecule is CCCCCCC(=O)c1cc(C2CC2)nc2c1cnn2C(C)C. The standard InChI is InChI=1S/C19H27N3O/c1-4-5-6-7-8-18(23)15-11-17(14-9-10-14)21-19-16(15)12-20-22(19)13(2)3/h11-14H,4-10H2,1-3H3. The third kappa shape index (κ3) is 3.46. The lowest BCUT2D eigenvalue weighted by molar-refractivity contribution is 0.0980. The number of unbranched alkanes of at least 4 members (excludes halogenated alkanes) is 3. The molecular weight excluding hydrogens is 286 g/mol. The van der Waals surface area contributed by atoms with Crippen molar-refractivity contribution in [2.75, 3.05) is 0 Å². The summed E-state index contributed by atoms with van der Waals surface area (Å²) in [6, 6.07) is 2.29. The number of hydrogen-bond donors (Lipinski definition) is 0. The van der Waals surface area contributed by atoms with Crippen LogP contribution in [-0.4, -0.2) is 20.5 Å². The summed E-state index contributed by atoms with van der Waals surface area (Å²) >= 11 is 0. The van der Waals surface area contributed by atoms with E-state index in [1.807, 2.05) is 16.9 Å². The Morgan fingerprint density at radius 1 is 1.30 bits per heavy atom. The molecule has 2 heterocycles. The van der Waals surface area contributed by atoms with Gasteiger partial charge in [-0.15, -0.1) is 0 Å². The maximum absolute atomic E-state index is 12.7. The number of fused-ring (bicyclic) bond motifs is 1. The number of aromatic nitrogens is 3. The first-order chi connectivity index (χ1) is 11.1. The highest BCUT2D eigenvalue weighted by atomic mass is 16.1. The minimum absolute atomic E-state index is 0.249. The lowest BCUT2D eigenvalue weighted by atomic mass is 10.0. The van der Waals surface area contributed by atoms with Crippen LogP contribution in [0.4, 0.5) is 0 Å². The molecule has 0 amide bonds. The van der Waals surface area contributed by atoms with Crippen molar-refractivity contribution < 1.29 is 4.79 Å². The first-order valence-corrected chi connectivity index (χ1v) is 9.03. The van der Waals surface area contributed by atoms with Crippen LogP contribution in [0.2, 0.25) is 0 Å². The summed E-state index contributed by atoms with van der Waals surface area (Å²) in [6.45, 7) is 6.39. The summed E-state index contributed by atoms with van der Waals surface area (Å²) in [4.78, 5) is 17.6. The number of carbonyl (C=O) groups excluding carboxylic acids is 1. The van der Waals surface area contributed by atoms with Crippen molar-refractivity contribution in [3.05, 3.63) is 23.5 Å². The molecule has 0 aromatic carbocycles. The van der Waals surface area contributed by atoms with Crippen LogP contribution >= 0.6 is 0 Å². The molecule has 124 valence electrons. The van der Waals surface area contributed by atoms with Gasteiger partial charge < -0.3 is 0 Å². The van der Waals surface area contributed by atoms with Crippen LogP contribution < -0.4 is 0 Å². The Morgan fingerprint density at radius 2 is 2.09 bits per heavy atom. The molecule has 2 aromatic heterocycles. The number of nitrogens with zero attached hydrogens (tertiary/aromatic N) is 3. The molecule has 0 radical (unpaired) electrons. The topological polar surface area (TPSA) is 47.8 Å². The Morgan fingerprint density at radius 3 is 2.74 bits per heavy atom. The van der Waals surface area contributed by atoms with E-state index >= 15 is 0 Å². The minimum atomic E-state index is 0.249. The maximum atomic E-state index is 12.7. The molecule has 23 heavy (non-hydrogen) atoms. The lowest BCUT2D eigenvalue weighted by Crippen LogP contribution is -2.07. The fourth-order valence-corrected chi connectivity index (χ4v) is 3.08. The molecule has 4 nitrogen and oxygen atoms in total. The van der Waals surface area contributed by atoms with Gasteiger partial charge in [0.05, 0.1) is 6.20 Å². The predicted molar refractivity (Wildman–Crippen MR) is 93.0 cm³/mol. The van der Waals surface area contributed by atoms with E-state index in [1.165, 1.54) is 25.7 Å². The second kappa shape index (κ2) is 6.81. The van der Waals surface area contributed by atoms with Crippen LogP contribution in [-0.2, 0) is 0 Å². The van der Waals surface area contributed by atoms with Gasteiger partial charge in [-0.25, -0.2) is 9.67 Å². The van der Waals surface area contributed by atoms with Gasteiger partial charge in [-0.2, -0.15) is 5.10 Å². The van der Waals surface area contributed by atoms with Gasteiger partial charge in [0, 0.05) is 35.0 Å². The third-order valence-electron chi connectivity index (χ3n) is 4.63. The molecule has 2 aromatic rings. The average Bonchev–Trinajstić information content (AvgIpc) is 3.29. The van der Waals surface area contributed by atoms with Gasteiger partial charge >= 0.3 is 0 Å². The normalized spacial score (nSPS) is 14.8. The van der Waals surface area contributed by atoms with Gasteiger partial charge in [0.1, 0.15) is 0 Å². The Balaban J connectivity index is 1.93. The smallest absolute Gasteiger partial charge is 0.163 e. The Hall–Kier alpha value is -1.71. The number of ketones is 1.